The van der Waals surface area contributed by atoms with Crippen molar-refractivity contribution in [3.05, 3.63) is 47.5 Å². The van der Waals surface area contributed by atoms with E-state index in [-0.39, 0.29) is 5.78 Å². The van der Waals surface area contributed by atoms with Crippen molar-refractivity contribution in [2.24, 2.45) is 5.92 Å². The molecular weight excluding hydrogens is 434 g/mol. The molecule has 1 aliphatic rings. The number of hydrogen-bond donors (Lipinski definition) is 0. The number of methoxy groups -OCH3 is 1. The highest BCUT2D eigenvalue weighted by molar-refractivity contribution is 7.99. The molecule has 1 aliphatic carbocycles. The molecular formula is C25H33N5O2S. The first-order chi connectivity index (χ1) is 16.0. The molecule has 4 rings (SSSR count). The maximum absolute atomic E-state index is 13.2. The Morgan fingerprint density at radius 3 is 2.79 bits per heavy atom. The molecule has 176 valence electrons. The average Bonchev–Trinajstić information content (AvgIpc) is 3.37. The van der Waals surface area contributed by atoms with Gasteiger partial charge in [0.15, 0.2) is 16.8 Å². The van der Waals surface area contributed by atoms with Gasteiger partial charge in [0, 0.05) is 54.6 Å². The number of thioether (sulfide) groups is 1. The highest BCUT2D eigenvalue weighted by atomic mass is 32.2. The summed E-state index contributed by atoms with van der Waals surface area (Å²) in [7, 11) is 1.69. The summed E-state index contributed by atoms with van der Waals surface area (Å²) in [5.41, 5.74) is 3.81. The molecule has 0 amide bonds. The standard InChI is InChI=1S/C25H33N5O2S/c1-17-8-5-6-10-22(17)30-24(20-9-7-11-26-15-20)27-28-25(30)33-16-23(31)21-14-18(2)29(19(21)3)12-13-32-4/h7,9,11,14-15,17,22H,5-6,8,10,12-13,16H2,1-4H3/t17-,22+/m0/s1. The smallest absolute Gasteiger partial charge is 0.192 e. The SMILES string of the molecule is COCCn1c(C)cc(C(=O)CSc2nnc(-c3cccnc3)n2[C@@H]2CCCC[C@@H]2C)c1C. The van der Waals surface area contributed by atoms with Crippen LogP contribution in [0.1, 0.15) is 60.4 Å². The molecule has 2 atom stereocenters. The molecule has 0 aromatic carbocycles. The Bertz CT molecular complexity index is 1090. The Balaban J connectivity index is 1.58. The number of carbonyl (C=O) groups excluding carboxylic acids is 1. The van der Waals surface area contributed by atoms with Crippen molar-refractivity contribution >= 4 is 17.5 Å². The van der Waals surface area contributed by atoms with Crippen LogP contribution < -0.4 is 0 Å². The molecule has 3 aromatic heterocycles. The van der Waals surface area contributed by atoms with Crippen molar-refractivity contribution in [2.75, 3.05) is 19.5 Å². The fourth-order valence-corrected chi connectivity index (χ4v) is 5.74. The minimum Gasteiger partial charge on any atom is -0.383 e. The predicted octanol–water partition coefficient (Wildman–Crippen LogP) is 5.13. The van der Waals surface area contributed by atoms with Crippen LogP contribution in [0.3, 0.4) is 0 Å². The first-order valence-electron chi connectivity index (χ1n) is 11.7. The van der Waals surface area contributed by atoms with Crippen molar-refractivity contribution in [1.29, 1.82) is 0 Å². The molecule has 0 unspecified atom stereocenters. The van der Waals surface area contributed by atoms with Crippen LogP contribution in [-0.2, 0) is 11.3 Å². The second-order valence-corrected chi connectivity index (χ2v) is 9.83. The summed E-state index contributed by atoms with van der Waals surface area (Å²) in [6.45, 7) is 7.72. The monoisotopic (exact) mass is 467 g/mol. The lowest BCUT2D eigenvalue weighted by atomic mass is 9.85. The van der Waals surface area contributed by atoms with Crippen LogP contribution in [-0.4, -0.2) is 49.6 Å². The van der Waals surface area contributed by atoms with Gasteiger partial charge >= 0.3 is 0 Å². The van der Waals surface area contributed by atoms with Crippen LogP contribution in [0.4, 0.5) is 0 Å². The lowest BCUT2D eigenvalue weighted by Gasteiger charge is -2.31. The Hall–Kier alpha value is -2.45. The van der Waals surface area contributed by atoms with Gasteiger partial charge in [-0.3, -0.25) is 14.3 Å². The Labute approximate surface area is 200 Å². The number of carbonyl (C=O) groups is 1. The third-order valence-electron chi connectivity index (χ3n) is 6.71. The second kappa shape index (κ2) is 10.7. The zero-order chi connectivity index (χ0) is 23.4. The molecule has 1 saturated carbocycles. The third kappa shape index (κ3) is 5.06. The normalized spacial score (nSPS) is 18.5. The van der Waals surface area contributed by atoms with Crippen LogP contribution in [0.15, 0.2) is 35.7 Å². The molecule has 8 heteroatoms. The molecule has 0 N–H and O–H groups in total. The zero-order valence-electron chi connectivity index (χ0n) is 20.0. The summed E-state index contributed by atoms with van der Waals surface area (Å²) >= 11 is 1.49. The van der Waals surface area contributed by atoms with Gasteiger partial charge in [0.2, 0.25) is 0 Å². The van der Waals surface area contributed by atoms with Crippen LogP contribution >= 0.6 is 11.8 Å². The topological polar surface area (TPSA) is 74.8 Å². The van der Waals surface area contributed by atoms with Crippen LogP contribution in [0.5, 0.6) is 0 Å². The summed E-state index contributed by atoms with van der Waals surface area (Å²) in [6, 6.07) is 6.27. The van der Waals surface area contributed by atoms with E-state index in [1.165, 1.54) is 31.0 Å². The van der Waals surface area contributed by atoms with Gasteiger partial charge in [-0.15, -0.1) is 10.2 Å². The van der Waals surface area contributed by atoms with E-state index >= 15 is 0 Å². The van der Waals surface area contributed by atoms with Gasteiger partial charge in [0.05, 0.1) is 12.4 Å². The quantitative estimate of drug-likeness (QED) is 0.321. The highest BCUT2D eigenvalue weighted by Gasteiger charge is 2.29. The highest BCUT2D eigenvalue weighted by Crippen LogP contribution is 2.39. The van der Waals surface area contributed by atoms with E-state index in [2.05, 4.69) is 31.2 Å². The molecule has 1 fully saturated rings. The molecule has 0 bridgehead atoms. The summed E-state index contributed by atoms with van der Waals surface area (Å²) in [6.07, 6.45) is 8.38. The van der Waals surface area contributed by atoms with Gasteiger partial charge in [-0.2, -0.15) is 0 Å². The number of ketones is 1. The number of pyridine rings is 1. The second-order valence-electron chi connectivity index (χ2n) is 8.89. The first-order valence-corrected chi connectivity index (χ1v) is 12.7. The Kier molecular flexibility index (Phi) is 7.65. The van der Waals surface area contributed by atoms with Crippen LogP contribution in [0.25, 0.3) is 11.4 Å². The van der Waals surface area contributed by atoms with Crippen molar-refractivity contribution in [1.82, 2.24) is 24.3 Å². The summed E-state index contributed by atoms with van der Waals surface area (Å²) < 4.78 is 9.63. The molecule has 0 aliphatic heterocycles. The largest absolute Gasteiger partial charge is 0.383 e. The number of nitrogens with zero attached hydrogens (tertiary/aromatic N) is 5. The molecule has 3 heterocycles. The molecule has 0 radical (unpaired) electrons. The molecule has 3 aromatic rings. The van der Waals surface area contributed by atoms with Gasteiger partial charge in [0.25, 0.3) is 0 Å². The summed E-state index contributed by atoms with van der Waals surface area (Å²) in [4.78, 5) is 17.5. The van der Waals surface area contributed by atoms with Crippen LogP contribution in [0.2, 0.25) is 0 Å². The minimum absolute atomic E-state index is 0.117. The Morgan fingerprint density at radius 2 is 2.06 bits per heavy atom. The number of rotatable bonds is 9. The van der Waals surface area contributed by atoms with Gasteiger partial charge < -0.3 is 9.30 Å². The van der Waals surface area contributed by atoms with Crippen molar-refractivity contribution in [2.45, 2.75) is 64.2 Å². The van der Waals surface area contributed by atoms with Gasteiger partial charge in [-0.25, -0.2) is 0 Å². The molecule has 0 saturated heterocycles. The van der Waals surface area contributed by atoms with Crippen molar-refractivity contribution in [3.8, 4) is 11.4 Å². The molecule has 0 spiro atoms. The van der Waals surface area contributed by atoms with E-state index < -0.39 is 0 Å². The minimum atomic E-state index is 0.117. The molecule has 33 heavy (non-hydrogen) atoms. The number of hydrogen-bond acceptors (Lipinski definition) is 6. The fourth-order valence-electron chi connectivity index (χ4n) is 4.86. The third-order valence-corrected chi connectivity index (χ3v) is 7.65. The van der Waals surface area contributed by atoms with Gasteiger partial charge in [-0.1, -0.05) is 31.5 Å². The number of aromatic nitrogens is 5. The fraction of sp³-hybridized carbons (Fsp3) is 0.520. The van der Waals surface area contributed by atoms with Crippen molar-refractivity contribution in [3.63, 3.8) is 0 Å². The van der Waals surface area contributed by atoms with Crippen LogP contribution in [0, 0.1) is 19.8 Å². The summed E-state index contributed by atoms with van der Waals surface area (Å²) in [5.74, 6) is 1.83. The maximum Gasteiger partial charge on any atom is 0.192 e. The number of aryl methyl sites for hydroxylation is 1. The molecule has 7 nitrogen and oxygen atoms in total. The number of Topliss-reactive ketones (excluding diaryl/α,β-unsaturated/α-hetero) is 1. The first kappa shape index (κ1) is 23.7. The van der Waals surface area contributed by atoms with E-state index in [0.717, 1.165) is 46.5 Å². The Morgan fingerprint density at radius 1 is 1.24 bits per heavy atom. The zero-order valence-corrected chi connectivity index (χ0v) is 20.8. The summed E-state index contributed by atoms with van der Waals surface area (Å²) in [5, 5.41) is 9.88. The van der Waals surface area contributed by atoms with E-state index in [1.807, 2.05) is 38.2 Å². The van der Waals surface area contributed by atoms with Gasteiger partial charge in [0.1, 0.15) is 0 Å². The number of ether oxygens (including phenoxy) is 1. The maximum atomic E-state index is 13.2. The van der Waals surface area contributed by atoms with Gasteiger partial charge in [-0.05, 0) is 50.8 Å². The lowest BCUT2D eigenvalue weighted by molar-refractivity contribution is 0.102. The van der Waals surface area contributed by atoms with E-state index in [1.54, 1.807) is 13.3 Å². The van der Waals surface area contributed by atoms with E-state index in [9.17, 15) is 4.79 Å². The average molecular weight is 468 g/mol. The van der Waals surface area contributed by atoms with E-state index in [0.29, 0.717) is 24.3 Å². The van der Waals surface area contributed by atoms with Crippen molar-refractivity contribution < 1.29 is 9.53 Å². The predicted molar refractivity (Wildman–Crippen MR) is 131 cm³/mol. The van der Waals surface area contributed by atoms with E-state index in [4.69, 9.17) is 4.74 Å². The lowest BCUT2D eigenvalue weighted by Crippen LogP contribution is -2.22.